The van der Waals surface area contributed by atoms with Crippen molar-refractivity contribution < 1.29 is 4.39 Å². The molecular weight excluding hydrogens is 203 g/mol. The van der Waals surface area contributed by atoms with Gasteiger partial charge in [0, 0.05) is 0 Å². The maximum absolute atomic E-state index is 13.1. The molecule has 0 aliphatic heterocycles. The van der Waals surface area contributed by atoms with E-state index in [1.54, 1.807) is 19.1 Å². The van der Waals surface area contributed by atoms with E-state index in [9.17, 15) is 4.39 Å². The summed E-state index contributed by atoms with van der Waals surface area (Å²) in [6.45, 7) is 2.60. The second-order valence-electron chi connectivity index (χ2n) is 4.42. The van der Waals surface area contributed by atoms with Gasteiger partial charge in [0.05, 0.1) is 6.07 Å². The third kappa shape index (κ3) is 2.59. The molecule has 1 saturated carbocycles. The van der Waals surface area contributed by atoms with E-state index in [1.165, 1.54) is 18.9 Å². The van der Waals surface area contributed by atoms with Crippen molar-refractivity contribution in [1.82, 2.24) is 5.32 Å². The van der Waals surface area contributed by atoms with Crippen LogP contribution in [0.3, 0.4) is 0 Å². The van der Waals surface area contributed by atoms with Crippen LogP contribution in [0.5, 0.6) is 0 Å². The highest BCUT2D eigenvalue weighted by Gasteiger charge is 2.22. The second kappa shape index (κ2) is 4.63. The van der Waals surface area contributed by atoms with E-state index in [0.717, 1.165) is 18.0 Å². The van der Waals surface area contributed by atoms with Crippen LogP contribution in [-0.2, 0) is 0 Å². The fourth-order valence-corrected chi connectivity index (χ4v) is 1.69. The molecule has 1 fully saturated rings. The topological polar surface area (TPSA) is 35.8 Å². The van der Waals surface area contributed by atoms with Crippen molar-refractivity contribution in [2.45, 2.75) is 25.8 Å². The molecule has 0 aromatic heterocycles. The predicted octanol–water partition coefficient (Wildman–Crippen LogP) is 2.70. The van der Waals surface area contributed by atoms with Crippen molar-refractivity contribution in [2.24, 2.45) is 5.92 Å². The Hall–Kier alpha value is -1.40. The molecule has 1 aliphatic rings. The van der Waals surface area contributed by atoms with Crippen LogP contribution in [0, 0.1) is 30.0 Å². The summed E-state index contributed by atoms with van der Waals surface area (Å²) in [4.78, 5) is 0. The molecule has 3 heteroatoms. The molecule has 1 unspecified atom stereocenters. The summed E-state index contributed by atoms with van der Waals surface area (Å²) < 4.78 is 13.1. The first-order valence-electron chi connectivity index (χ1n) is 5.59. The van der Waals surface area contributed by atoms with E-state index in [2.05, 4.69) is 11.4 Å². The third-order valence-electron chi connectivity index (χ3n) is 2.95. The Bertz CT molecular complexity index is 418. The van der Waals surface area contributed by atoms with E-state index in [-0.39, 0.29) is 11.9 Å². The van der Waals surface area contributed by atoms with E-state index >= 15 is 0 Å². The van der Waals surface area contributed by atoms with Crippen LogP contribution in [0.25, 0.3) is 0 Å². The number of aryl methyl sites for hydroxylation is 1. The minimum absolute atomic E-state index is 0.220. The molecule has 0 spiro atoms. The van der Waals surface area contributed by atoms with Crippen LogP contribution >= 0.6 is 0 Å². The molecule has 0 bridgehead atoms. The number of hydrogen-bond donors (Lipinski definition) is 1. The Balaban J connectivity index is 2.06. The van der Waals surface area contributed by atoms with Crippen LogP contribution in [-0.4, -0.2) is 6.54 Å². The highest BCUT2D eigenvalue weighted by Crippen LogP contribution is 2.28. The molecule has 0 heterocycles. The SMILES string of the molecule is Cc1cc(C(C#N)NCC2CC2)ccc1F. The lowest BCUT2D eigenvalue weighted by Gasteiger charge is -2.12. The fourth-order valence-electron chi connectivity index (χ4n) is 1.69. The van der Waals surface area contributed by atoms with Gasteiger partial charge in [0.1, 0.15) is 11.9 Å². The molecule has 16 heavy (non-hydrogen) atoms. The molecule has 1 aliphatic carbocycles. The van der Waals surface area contributed by atoms with Crippen LogP contribution in [0.15, 0.2) is 18.2 Å². The zero-order chi connectivity index (χ0) is 11.5. The molecule has 0 saturated heterocycles. The van der Waals surface area contributed by atoms with Gasteiger partial charge in [-0.15, -0.1) is 0 Å². The molecule has 1 aromatic carbocycles. The van der Waals surface area contributed by atoms with Crippen molar-refractivity contribution >= 4 is 0 Å². The van der Waals surface area contributed by atoms with Crippen LogP contribution < -0.4 is 5.32 Å². The zero-order valence-electron chi connectivity index (χ0n) is 9.33. The molecule has 1 N–H and O–H groups in total. The molecule has 1 atom stereocenters. The van der Waals surface area contributed by atoms with Gasteiger partial charge in [-0.3, -0.25) is 5.32 Å². The summed E-state index contributed by atoms with van der Waals surface area (Å²) in [5, 5.41) is 12.3. The minimum Gasteiger partial charge on any atom is -0.298 e. The van der Waals surface area contributed by atoms with Crippen LogP contribution in [0.4, 0.5) is 4.39 Å². The Labute approximate surface area is 95.1 Å². The van der Waals surface area contributed by atoms with Gasteiger partial charge >= 0.3 is 0 Å². The highest BCUT2D eigenvalue weighted by atomic mass is 19.1. The number of nitriles is 1. The van der Waals surface area contributed by atoms with Crippen molar-refractivity contribution in [3.63, 3.8) is 0 Å². The van der Waals surface area contributed by atoms with Gasteiger partial charge in [-0.2, -0.15) is 5.26 Å². The standard InChI is InChI=1S/C13H15FN2/c1-9-6-11(4-5-12(9)14)13(7-15)16-8-10-2-3-10/h4-6,10,13,16H,2-3,8H2,1H3. The number of halogens is 1. The van der Waals surface area contributed by atoms with Crippen molar-refractivity contribution in [3.05, 3.63) is 35.1 Å². The Morgan fingerprint density at radius 3 is 2.88 bits per heavy atom. The van der Waals surface area contributed by atoms with E-state index < -0.39 is 0 Å². The second-order valence-corrected chi connectivity index (χ2v) is 4.42. The van der Waals surface area contributed by atoms with Crippen LogP contribution in [0.1, 0.15) is 30.0 Å². The average molecular weight is 218 g/mol. The number of rotatable bonds is 4. The molecule has 84 valence electrons. The molecule has 2 rings (SSSR count). The summed E-state index contributed by atoms with van der Waals surface area (Å²) >= 11 is 0. The first-order chi connectivity index (χ1) is 7.70. The van der Waals surface area contributed by atoms with Crippen LogP contribution in [0.2, 0.25) is 0 Å². The van der Waals surface area contributed by atoms with Gasteiger partial charge in [-0.25, -0.2) is 4.39 Å². The third-order valence-corrected chi connectivity index (χ3v) is 2.95. The molecule has 0 radical (unpaired) electrons. The van der Waals surface area contributed by atoms with Gasteiger partial charge in [-0.1, -0.05) is 12.1 Å². The summed E-state index contributed by atoms with van der Waals surface area (Å²) in [6.07, 6.45) is 2.52. The summed E-state index contributed by atoms with van der Waals surface area (Å²) in [7, 11) is 0. The Morgan fingerprint density at radius 1 is 1.56 bits per heavy atom. The highest BCUT2D eigenvalue weighted by molar-refractivity contribution is 5.29. The zero-order valence-corrected chi connectivity index (χ0v) is 9.33. The number of nitrogens with one attached hydrogen (secondary N) is 1. The lowest BCUT2D eigenvalue weighted by atomic mass is 10.0. The number of benzene rings is 1. The maximum atomic E-state index is 13.1. The van der Waals surface area contributed by atoms with Gasteiger partial charge in [0.25, 0.3) is 0 Å². The van der Waals surface area contributed by atoms with E-state index in [0.29, 0.717) is 5.56 Å². The largest absolute Gasteiger partial charge is 0.298 e. The Morgan fingerprint density at radius 2 is 2.31 bits per heavy atom. The summed E-state index contributed by atoms with van der Waals surface area (Å²) in [6, 6.07) is 6.74. The number of hydrogen-bond acceptors (Lipinski definition) is 2. The minimum atomic E-state index is -0.320. The smallest absolute Gasteiger partial charge is 0.126 e. The first kappa shape index (κ1) is 11.1. The lowest BCUT2D eigenvalue weighted by molar-refractivity contribution is 0.587. The molecule has 1 aromatic rings. The predicted molar refractivity (Wildman–Crippen MR) is 60.2 cm³/mol. The fraction of sp³-hybridized carbons (Fsp3) is 0.462. The quantitative estimate of drug-likeness (QED) is 0.843. The van der Waals surface area contributed by atoms with Gasteiger partial charge in [0.15, 0.2) is 0 Å². The lowest BCUT2D eigenvalue weighted by Crippen LogP contribution is -2.22. The molecular formula is C13H15FN2. The average Bonchev–Trinajstić information content (AvgIpc) is 3.08. The van der Waals surface area contributed by atoms with Gasteiger partial charge < -0.3 is 0 Å². The first-order valence-corrected chi connectivity index (χ1v) is 5.59. The van der Waals surface area contributed by atoms with Crippen molar-refractivity contribution in [3.8, 4) is 6.07 Å². The maximum Gasteiger partial charge on any atom is 0.126 e. The number of nitrogens with zero attached hydrogens (tertiary/aromatic N) is 1. The van der Waals surface area contributed by atoms with Gasteiger partial charge in [-0.05, 0) is 49.4 Å². The Kier molecular flexibility index (Phi) is 3.21. The van der Waals surface area contributed by atoms with Crippen molar-refractivity contribution in [2.75, 3.05) is 6.54 Å². The van der Waals surface area contributed by atoms with E-state index in [1.807, 2.05) is 0 Å². The van der Waals surface area contributed by atoms with Gasteiger partial charge in [0.2, 0.25) is 0 Å². The molecule has 0 amide bonds. The van der Waals surface area contributed by atoms with E-state index in [4.69, 9.17) is 5.26 Å². The van der Waals surface area contributed by atoms with Crippen molar-refractivity contribution in [1.29, 1.82) is 5.26 Å². The summed E-state index contributed by atoms with van der Waals surface area (Å²) in [5.74, 6) is 0.514. The molecule has 2 nitrogen and oxygen atoms in total. The summed E-state index contributed by atoms with van der Waals surface area (Å²) in [5.41, 5.74) is 1.44. The normalized spacial score (nSPS) is 16.8. The monoisotopic (exact) mass is 218 g/mol.